The zero-order chi connectivity index (χ0) is 17.9. The topological polar surface area (TPSA) is 41.1 Å². The molecule has 0 atom stereocenters. The van der Waals surface area contributed by atoms with E-state index < -0.39 is 29.3 Å². The minimum Gasteiger partial charge on any atom is -0.307 e. The highest BCUT2D eigenvalue weighted by Crippen LogP contribution is 2.32. The van der Waals surface area contributed by atoms with Crippen molar-refractivity contribution in [3.63, 3.8) is 0 Å². The number of thioether (sulfide) groups is 1. The Balaban J connectivity index is 2.19. The van der Waals surface area contributed by atoms with Gasteiger partial charge in [0.25, 0.3) is 0 Å². The zero-order valence-corrected chi connectivity index (χ0v) is 13.6. The number of anilines is 2. The number of amides is 2. The Morgan fingerprint density at radius 3 is 2.33 bits per heavy atom. The Kier molecular flexibility index (Phi) is 5.38. The summed E-state index contributed by atoms with van der Waals surface area (Å²) in [6, 6.07) is 6.31. The third-order valence-electron chi connectivity index (χ3n) is 3.15. The van der Waals surface area contributed by atoms with Crippen molar-refractivity contribution in [1.29, 1.82) is 0 Å². The SMILES string of the molecule is CSc1cc(C)ccc1NC(=O)Nc1cc(C(F)(F)F)ccc1F. The molecule has 0 unspecified atom stereocenters. The second-order valence-corrected chi connectivity index (χ2v) is 5.82. The summed E-state index contributed by atoms with van der Waals surface area (Å²) in [7, 11) is 0. The molecule has 0 aliphatic carbocycles. The summed E-state index contributed by atoms with van der Waals surface area (Å²) >= 11 is 1.40. The van der Waals surface area contributed by atoms with Crippen LogP contribution in [0.1, 0.15) is 11.1 Å². The summed E-state index contributed by atoms with van der Waals surface area (Å²) in [6.07, 6.45) is -2.80. The van der Waals surface area contributed by atoms with Gasteiger partial charge in [-0.3, -0.25) is 0 Å². The maximum atomic E-state index is 13.6. The van der Waals surface area contributed by atoms with Crippen molar-refractivity contribution < 1.29 is 22.4 Å². The van der Waals surface area contributed by atoms with Crippen molar-refractivity contribution in [2.24, 2.45) is 0 Å². The van der Waals surface area contributed by atoms with E-state index in [0.717, 1.165) is 10.5 Å². The van der Waals surface area contributed by atoms with Crippen LogP contribution in [0, 0.1) is 12.7 Å². The van der Waals surface area contributed by atoms with Gasteiger partial charge < -0.3 is 10.6 Å². The largest absolute Gasteiger partial charge is 0.416 e. The molecular weight excluding hydrogens is 344 g/mol. The summed E-state index contributed by atoms with van der Waals surface area (Å²) in [4.78, 5) is 12.8. The van der Waals surface area contributed by atoms with E-state index in [9.17, 15) is 22.4 Å². The molecule has 0 bridgehead atoms. The molecule has 0 fully saturated rings. The van der Waals surface area contributed by atoms with Crippen LogP contribution >= 0.6 is 11.8 Å². The van der Waals surface area contributed by atoms with Crippen molar-refractivity contribution in [1.82, 2.24) is 0 Å². The van der Waals surface area contributed by atoms with Crippen LogP contribution in [0.25, 0.3) is 0 Å². The zero-order valence-electron chi connectivity index (χ0n) is 12.8. The molecule has 0 aliphatic heterocycles. The first kappa shape index (κ1) is 18.1. The molecule has 2 aromatic rings. The van der Waals surface area contributed by atoms with E-state index in [1.807, 2.05) is 19.2 Å². The van der Waals surface area contributed by atoms with Crippen LogP contribution in [0.2, 0.25) is 0 Å². The highest BCUT2D eigenvalue weighted by atomic mass is 32.2. The van der Waals surface area contributed by atoms with Crippen LogP contribution in [0.4, 0.5) is 33.7 Å². The predicted octanol–water partition coefficient (Wildman–Crippen LogP) is 5.52. The highest BCUT2D eigenvalue weighted by molar-refractivity contribution is 7.98. The van der Waals surface area contributed by atoms with E-state index in [4.69, 9.17) is 0 Å². The first-order chi connectivity index (χ1) is 11.2. The number of nitrogens with one attached hydrogen (secondary N) is 2. The highest BCUT2D eigenvalue weighted by Gasteiger charge is 2.31. The maximum absolute atomic E-state index is 13.6. The number of hydrogen-bond donors (Lipinski definition) is 2. The number of urea groups is 1. The summed E-state index contributed by atoms with van der Waals surface area (Å²) in [5.74, 6) is -0.952. The lowest BCUT2D eigenvalue weighted by Crippen LogP contribution is -2.21. The average molecular weight is 358 g/mol. The minimum absolute atomic E-state index is 0.484. The van der Waals surface area contributed by atoms with E-state index in [-0.39, 0.29) is 0 Å². The van der Waals surface area contributed by atoms with Gasteiger partial charge in [-0.15, -0.1) is 11.8 Å². The number of rotatable bonds is 3. The van der Waals surface area contributed by atoms with E-state index in [1.165, 1.54) is 11.8 Å². The fourth-order valence-electron chi connectivity index (χ4n) is 1.97. The quantitative estimate of drug-likeness (QED) is 0.560. The van der Waals surface area contributed by atoms with E-state index in [2.05, 4.69) is 10.6 Å². The number of aryl methyl sites for hydroxylation is 1. The van der Waals surface area contributed by atoms with Crippen LogP contribution in [-0.2, 0) is 6.18 Å². The molecule has 24 heavy (non-hydrogen) atoms. The van der Waals surface area contributed by atoms with E-state index >= 15 is 0 Å². The Morgan fingerprint density at radius 2 is 1.71 bits per heavy atom. The number of carbonyl (C=O) groups excluding carboxylic acids is 1. The van der Waals surface area contributed by atoms with Gasteiger partial charge in [0, 0.05) is 4.90 Å². The lowest BCUT2D eigenvalue weighted by atomic mass is 10.2. The standard InChI is InChI=1S/C16H14F4N2OS/c1-9-3-6-12(14(7-9)24-2)21-15(23)22-13-8-10(16(18,19)20)4-5-11(13)17/h3-8H,1-2H3,(H2,21,22,23). The fourth-order valence-corrected chi connectivity index (χ4v) is 2.62. The smallest absolute Gasteiger partial charge is 0.307 e. The molecule has 128 valence electrons. The molecule has 0 radical (unpaired) electrons. The monoisotopic (exact) mass is 358 g/mol. The molecule has 3 nitrogen and oxygen atoms in total. The summed E-state index contributed by atoms with van der Waals surface area (Å²) in [5, 5.41) is 4.61. The van der Waals surface area contributed by atoms with Crippen LogP contribution < -0.4 is 10.6 Å². The van der Waals surface area contributed by atoms with Gasteiger partial charge in [-0.2, -0.15) is 13.2 Å². The Morgan fingerprint density at radius 1 is 1.04 bits per heavy atom. The summed E-state index contributed by atoms with van der Waals surface area (Å²) in [6.45, 7) is 1.89. The molecule has 2 amide bonds. The van der Waals surface area contributed by atoms with Gasteiger partial charge in [-0.05, 0) is 49.1 Å². The molecule has 8 heteroatoms. The van der Waals surface area contributed by atoms with Crippen LogP contribution in [0.15, 0.2) is 41.3 Å². The first-order valence-corrected chi connectivity index (χ1v) is 8.02. The fraction of sp³-hybridized carbons (Fsp3) is 0.188. The van der Waals surface area contributed by atoms with Gasteiger partial charge in [0.1, 0.15) is 5.82 Å². The van der Waals surface area contributed by atoms with Crippen molar-refractivity contribution >= 4 is 29.2 Å². The van der Waals surface area contributed by atoms with Gasteiger partial charge in [0.15, 0.2) is 0 Å². The van der Waals surface area contributed by atoms with Crippen molar-refractivity contribution in [3.8, 4) is 0 Å². The van der Waals surface area contributed by atoms with E-state index in [1.54, 1.807) is 12.1 Å². The number of hydrogen-bond acceptors (Lipinski definition) is 2. The van der Waals surface area contributed by atoms with Gasteiger partial charge in [-0.1, -0.05) is 6.07 Å². The lowest BCUT2D eigenvalue weighted by Gasteiger charge is -2.13. The molecule has 0 saturated heterocycles. The van der Waals surface area contributed by atoms with Crippen molar-refractivity contribution in [2.45, 2.75) is 18.0 Å². The Labute approximate surface area is 140 Å². The molecule has 0 saturated carbocycles. The summed E-state index contributed by atoms with van der Waals surface area (Å²) < 4.78 is 51.6. The first-order valence-electron chi connectivity index (χ1n) is 6.80. The molecule has 2 aromatic carbocycles. The Hall–Kier alpha value is -2.22. The number of benzene rings is 2. The van der Waals surface area contributed by atoms with Gasteiger partial charge in [0.05, 0.1) is 16.9 Å². The second kappa shape index (κ2) is 7.12. The van der Waals surface area contributed by atoms with Gasteiger partial charge in [0.2, 0.25) is 0 Å². The van der Waals surface area contributed by atoms with Crippen LogP contribution in [-0.4, -0.2) is 12.3 Å². The molecule has 0 aromatic heterocycles. The number of carbonyl (C=O) groups is 1. The molecular formula is C16H14F4N2OS. The molecule has 0 heterocycles. The lowest BCUT2D eigenvalue weighted by molar-refractivity contribution is -0.137. The Bertz CT molecular complexity index is 762. The third kappa shape index (κ3) is 4.41. The predicted molar refractivity (Wildman–Crippen MR) is 87.0 cm³/mol. The number of halogens is 4. The molecule has 0 aliphatic rings. The van der Waals surface area contributed by atoms with Crippen molar-refractivity contribution in [3.05, 3.63) is 53.3 Å². The molecule has 2 rings (SSSR count). The summed E-state index contributed by atoms with van der Waals surface area (Å²) in [5.41, 5.74) is -0.105. The van der Waals surface area contributed by atoms with Gasteiger partial charge in [-0.25, -0.2) is 9.18 Å². The van der Waals surface area contributed by atoms with E-state index in [0.29, 0.717) is 23.9 Å². The molecule has 0 spiro atoms. The number of alkyl halides is 3. The normalized spacial score (nSPS) is 11.2. The van der Waals surface area contributed by atoms with Gasteiger partial charge >= 0.3 is 12.2 Å². The van der Waals surface area contributed by atoms with Crippen LogP contribution in [0.3, 0.4) is 0 Å². The second-order valence-electron chi connectivity index (χ2n) is 4.98. The minimum atomic E-state index is -4.62. The molecule has 2 N–H and O–H groups in total. The maximum Gasteiger partial charge on any atom is 0.416 e. The van der Waals surface area contributed by atoms with Crippen LogP contribution in [0.5, 0.6) is 0 Å². The van der Waals surface area contributed by atoms with Crippen molar-refractivity contribution in [2.75, 3.05) is 16.9 Å². The third-order valence-corrected chi connectivity index (χ3v) is 3.92. The average Bonchev–Trinajstić information content (AvgIpc) is 2.50.